The van der Waals surface area contributed by atoms with Crippen LogP contribution in [0, 0.1) is 0 Å². The highest BCUT2D eigenvalue weighted by molar-refractivity contribution is 14.2. The maximum atomic E-state index is 6.43. The second-order valence-corrected chi connectivity index (χ2v) is 20.7. The number of benzene rings is 2. The lowest BCUT2D eigenvalue weighted by molar-refractivity contribution is -0.646. The van der Waals surface area contributed by atoms with Crippen LogP contribution in [0.25, 0.3) is 0 Å². The van der Waals surface area contributed by atoms with E-state index < -0.39 is 12.2 Å². The van der Waals surface area contributed by atoms with E-state index in [-0.39, 0.29) is 0 Å². The summed E-state index contributed by atoms with van der Waals surface area (Å²) in [6.45, 7) is 11.1. The quantitative estimate of drug-likeness (QED) is 0.292. The summed E-state index contributed by atoms with van der Waals surface area (Å²) in [6.07, 6.45) is 2.38. The summed E-state index contributed by atoms with van der Waals surface area (Å²) in [5, 5.41) is 5.33. The fourth-order valence-corrected chi connectivity index (χ4v) is 9.22. The highest BCUT2D eigenvalue weighted by atomic mass is 127. The summed E-state index contributed by atoms with van der Waals surface area (Å²) in [6, 6.07) is 21.6. The molecule has 25 heavy (non-hydrogen) atoms. The largest absolute Gasteiger partial charge is 0.340 e. The van der Waals surface area contributed by atoms with Crippen molar-refractivity contribution in [1.29, 1.82) is 0 Å². The Hall–Kier alpha value is 0.0200. The Bertz CT molecular complexity index is 679. The molecule has 0 amide bonds. The third-order valence-electron chi connectivity index (χ3n) is 4.69. The highest BCUT2D eigenvalue weighted by Crippen LogP contribution is 2.62. The van der Waals surface area contributed by atoms with Crippen molar-refractivity contribution in [2.75, 3.05) is 38.7 Å². The summed E-state index contributed by atoms with van der Waals surface area (Å²) >= 11 is 9.12. The van der Waals surface area contributed by atoms with Crippen LogP contribution in [0.4, 0.5) is 0 Å². The SMILES string of the molecule is C=C(Cl)[P+](C)(CC[NH2+]CC[P+](C)(I)c1ccccc1)c1ccccc1. The molecule has 2 aromatic carbocycles. The molecule has 0 aromatic heterocycles. The van der Waals surface area contributed by atoms with Crippen LogP contribution in [0.3, 0.4) is 0 Å². The molecule has 134 valence electrons. The molecule has 0 saturated carbocycles. The third-order valence-corrected chi connectivity index (χ3v) is 15.1. The number of hydrogen-bond donors (Lipinski definition) is 1. The molecule has 0 saturated heterocycles. The van der Waals surface area contributed by atoms with Crippen molar-refractivity contribution in [3.63, 3.8) is 0 Å². The van der Waals surface area contributed by atoms with Crippen LogP contribution in [0.5, 0.6) is 0 Å². The average molecular weight is 507 g/mol. The summed E-state index contributed by atoms with van der Waals surface area (Å²) in [5.41, 5.74) is 0. The van der Waals surface area contributed by atoms with E-state index in [1.54, 1.807) is 0 Å². The lowest BCUT2D eigenvalue weighted by atomic mass is 10.4. The van der Waals surface area contributed by atoms with E-state index >= 15 is 0 Å². The zero-order valence-electron chi connectivity index (χ0n) is 15.0. The monoisotopic (exact) mass is 506 g/mol. The molecule has 1 nitrogen and oxygen atoms in total. The number of nitrogens with two attached hydrogens (primary N) is 1. The van der Waals surface area contributed by atoms with Gasteiger partial charge in [0.25, 0.3) is 0 Å². The second-order valence-electron chi connectivity index (χ2n) is 6.62. The van der Waals surface area contributed by atoms with Crippen LogP contribution >= 0.6 is 45.8 Å². The molecule has 0 aliphatic carbocycles. The van der Waals surface area contributed by atoms with Crippen LogP contribution in [-0.4, -0.2) is 38.7 Å². The Balaban J connectivity index is 1.86. The Kier molecular flexibility index (Phi) is 8.37. The van der Waals surface area contributed by atoms with Crippen molar-refractivity contribution in [2.45, 2.75) is 0 Å². The molecule has 2 N–H and O–H groups in total. The second kappa shape index (κ2) is 9.81. The van der Waals surface area contributed by atoms with Crippen molar-refractivity contribution in [3.8, 4) is 0 Å². The van der Waals surface area contributed by atoms with E-state index in [1.807, 2.05) is 0 Å². The highest BCUT2D eigenvalue weighted by Gasteiger charge is 2.38. The van der Waals surface area contributed by atoms with Gasteiger partial charge in [0.05, 0.1) is 20.6 Å². The lowest BCUT2D eigenvalue weighted by Gasteiger charge is -2.20. The van der Waals surface area contributed by atoms with Crippen molar-refractivity contribution < 1.29 is 5.32 Å². The van der Waals surface area contributed by atoms with Gasteiger partial charge in [-0.15, -0.1) is 0 Å². The van der Waals surface area contributed by atoms with Crippen LogP contribution in [-0.2, 0) is 0 Å². The molecule has 0 bridgehead atoms. The van der Waals surface area contributed by atoms with Gasteiger partial charge < -0.3 is 5.32 Å². The van der Waals surface area contributed by atoms with E-state index in [9.17, 15) is 0 Å². The van der Waals surface area contributed by atoms with Gasteiger partial charge in [-0.25, -0.2) is 0 Å². The van der Waals surface area contributed by atoms with E-state index in [0.717, 1.165) is 17.5 Å². The fourth-order valence-electron chi connectivity index (χ4n) is 2.84. The summed E-state index contributed by atoms with van der Waals surface area (Å²) in [7, 11) is -1.49. The van der Waals surface area contributed by atoms with Gasteiger partial charge in [-0.1, -0.05) is 36.4 Å². The van der Waals surface area contributed by atoms with Crippen LogP contribution < -0.4 is 15.9 Å². The van der Waals surface area contributed by atoms with E-state index in [0.29, 0.717) is 0 Å². The van der Waals surface area contributed by atoms with Gasteiger partial charge in [0, 0.05) is 0 Å². The van der Waals surface area contributed by atoms with Gasteiger partial charge in [0.2, 0.25) is 0 Å². The first-order valence-corrected chi connectivity index (χ1v) is 16.6. The standard InChI is InChI=1S/C20H27ClINP2/c1-18(21)24(2,19-10-6-4-7-11-19)16-14-23-15-17-25(3,22)20-12-8-5-9-13-20/h4-13,23H,1,14-17H2,2-3H3/q+2/p+1. The average Bonchev–Trinajstić information content (AvgIpc) is 2.62. The maximum Gasteiger partial charge on any atom is 0.160 e. The molecular weight excluding hydrogens is 479 g/mol. The number of hydrogen-bond acceptors (Lipinski definition) is 0. The first-order chi connectivity index (χ1) is 11.9. The molecule has 0 radical (unpaired) electrons. The van der Waals surface area contributed by atoms with Gasteiger partial charge in [-0.2, -0.15) is 0 Å². The topological polar surface area (TPSA) is 16.6 Å². The molecule has 0 spiro atoms. The molecule has 2 atom stereocenters. The first-order valence-electron chi connectivity index (χ1n) is 8.55. The minimum absolute atomic E-state index is 0.836. The van der Waals surface area contributed by atoms with E-state index in [1.165, 1.54) is 23.3 Å². The van der Waals surface area contributed by atoms with Gasteiger partial charge in [-0.3, -0.25) is 0 Å². The predicted octanol–water partition coefficient (Wildman–Crippen LogP) is 4.56. The van der Waals surface area contributed by atoms with E-state index in [2.05, 4.69) is 108 Å². The normalized spacial score (nSPS) is 16.0. The molecule has 2 rings (SSSR count). The molecule has 2 unspecified atom stereocenters. The molecule has 5 heteroatoms. The Morgan fingerprint density at radius 2 is 1.40 bits per heavy atom. The van der Waals surface area contributed by atoms with Crippen molar-refractivity contribution in [1.82, 2.24) is 0 Å². The van der Waals surface area contributed by atoms with Gasteiger partial charge >= 0.3 is 0 Å². The number of rotatable bonds is 9. The van der Waals surface area contributed by atoms with Crippen LogP contribution in [0.15, 0.2) is 72.0 Å². The first kappa shape index (κ1) is 21.3. The zero-order valence-corrected chi connectivity index (χ0v) is 19.7. The van der Waals surface area contributed by atoms with Crippen LogP contribution in [0.2, 0.25) is 0 Å². The molecule has 0 heterocycles. The summed E-state index contributed by atoms with van der Waals surface area (Å²) < 4.78 is 0.836. The third kappa shape index (κ3) is 6.01. The molecule has 2 aromatic rings. The summed E-state index contributed by atoms with van der Waals surface area (Å²) in [5.74, 6) is 0. The predicted molar refractivity (Wildman–Crippen MR) is 128 cm³/mol. The molecule has 0 aliphatic rings. The minimum Gasteiger partial charge on any atom is -0.340 e. The van der Waals surface area contributed by atoms with Gasteiger partial charge in [-0.05, 0) is 42.4 Å². The fraction of sp³-hybridized carbons (Fsp3) is 0.300. The maximum absolute atomic E-state index is 6.43. The minimum atomic E-state index is -1.49. The van der Waals surface area contributed by atoms with Crippen molar-refractivity contribution >= 4 is 56.4 Å². The molecule has 0 aliphatic heterocycles. The smallest absolute Gasteiger partial charge is 0.160 e. The van der Waals surface area contributed by atoms with Gasteiger partial charge in [0.1, 0.15) is 40.9 Å². The van der Waals surface area contributed by atoms with Crippen molar-refractivity contribution in [2.24, 2.45) is 0 Å². The molecule has 0 fully saturated rings. The lowest BCUT2D eigenvalue weighted by Crippen LogP contribution is -2.86. The van der Waals surface area contributed by atoms with E-state index in [4.69, 9.17) is 11.6 Å². The Labute approximate surface area is 171 Å². The Morgan fingerprint density at radius 3 is 1.92 bits per heavy atom. The number of quaternary nitrogens is 1. The zero-order chi connectivity index (χ0) is 18.3. The van der Waals surface area contributed by atoms with Crippen LogP contribution in [0.1, 0.15) is 0 Å². The van der Waals surface area contributed by atoms with Gasteiger partial charge in [0.15, 0.2) is 26.8 Å². The Morgan fingerprint density at radius 1 is 0.920 bits per heavy atom. The summed E-state index contributed by atoms with van der Waals surface area (Å²) in [4.78, 5) is -1.05. The molecular formula is C20H28ClINP2+3. The number of halogens is 2. The van der Waals surface area contributed by atoms with Crippen molar-refractivity contribution in [3.05, 3.63) is 72.0 Å².